The van der Waals surface area contributed by atoms with Gasteiger partial charge in [-0.05, 0) is 34.0 Å². The van der Waals surface area contributed by atoms with Crippen molar-refractivity contribution in [2.24, 2.45) is 11.5 Å². The van der Waals surface area contributed by atoms with E-state index in [1.807, 2.05) is 53.1 Å². The number of amidine groups is 2. The van der Waals surface area contributed by atoms with Gasteiger partial charge in [-0.15, -0.1) is 0 Å². The Morgan fingerprint density at radius 3 is 2.22 bits per heavy atom. The number of fused-ring (bicyclic) bond motifs is 2. The minimum Gasteiger partial charge on any atom is -0.384 e. The number of nitrogens with one attached hydrogen (secondary N) is 3. The summed E-state index contributed by atoms with van der Waals surface area (Å²) in [5, 5.41) is 21.6. The zero-order chi connectivity index (χ0) is 25.2. The van der Waals surface area contributed by atoms with Gasteiger partial charge in [-0.2, -0.15) is 0 Å². The Morgan fingerprint density at radius 2 is 1.47 bits per heavy atom. The molecule has 0 bridgehead atoms. The van der Waals surface area contributed by atoms with Crippen LogP contribution in [0.25, 0.3) is 21.7 Å². The Kier molecular flexibility index (Phi) is 5.96. The minimum absolute atomic E-state index is 0.00784. The monoisotopic (exact) mass is 474 g/mol. The van der Waals surface area contributed by atoms with Crippen LogP contribution in [-0.4, -0.2) is 22.1 Å². The number of hydrogen-bond donors (Lipinski definition) is 5. The maximum absolute atomic E-state index is 13.4. The summed E-state index contributed by atoms with van der Waals surface area (Å²) < 4.78 is 1.98. The number of aromatic nitrogens is 1. The van der Waals surface area contributed by atoms with Gasteiger partial charge in [0.2, 0.25) is 0 Å². The lowest BCUT2D eigenvalue weighted by Crippen LogP contribution is -2.25. The molecule has 4 aromatic carbocycles. The van der Waals surface area contributed by atoms with Crippen molar-refractivity contribution in [3.05, 3.63) is 119 Å². The van der Waals surface area contributed by atoms with E-state index in [-0.39, 0.29) is 17.6 Å². The number of rotatable bonds is 7. The fraction of sp³-hybridized carbons (Fsp3) is 0.0690. The number of benzene rings is 4. The quantitative estimate of drug-likeness (QED) is 0.177. The fourth-order valence-corrected chi connectivity index (χ4v) is 4.46. The largest absolute Gasteiger partial charge is 0.384 e. The van der Waals surface area contributed by atoms with Crippen molar-refractivity contribution < 1.29 is 4.79 Å². The van der Waals surface area contributed by atoms with E-state index in [4.69, 9.17) is 22.3 Å². The highest BCUT2D eigenvalue weighted by atomic mass is 16.1. The van der Waals surface area contributed by atoms with Crippen molar-refractivity contribution in [2.45, 2.75) is 13.1 Å². The Hall–Kier alpha value is -4.91. The highest BCUT2D eigenvalue weighted by Gasteiger charge is 2.17. The molecular weight excluding hydrogens is 448 g/mol. The molecule has 36 heavy (non-hydrogen) atoms. The van der Waals surface area contributed by atoms with Crippen molar-refractivity contribution in [3.63, 3.8) is 0 Å². The van der Waals surface area contributed by atoms with Crippen LogP contribution in [0.1, 0.15) is 32.7 Å². The molecule has 0 saturated carbocycles. The average Bonchev–Trinajstić information content (AvgIpc) is 3.25. The predicted octanol–water partition coefficient (Wildman–Crippen LogP) is 4.34. The standard InChI is InChI=1S/C29H26N6O/c30-27(31)20-10-8-18(9-11-20)16-34-29(36)26-14-21-12-13-22(28(32)33)15-25(21)35(26)17-23-6-3-5-19-4-1-2-7-24(19)23/h1-15H,16-17H2,(H3,30,31)(H3,32,33)(H,34,36). The third-order valence-electron chi connectivity index (χ3n) is 6.37. The van der Waals surface area contributed by atoms with Crippen molar-refractivity contribution >= 4 is 39.3 Å². The van der Waals surface area contributed by atoms with E-state index in [9.17, 15) is 4.79 Å². The Balaban J connectivity index is 1.52. The lowest BCUT2D eigenvalue weighted by Gasteiger charge is -2.14. The Labute approximate surface area is 208 Å². The number of nitrogens with two attached hydrogens (primary N) is 2. The highest BCUT2D eigenvalue weighted by Crippen LogP contribution is 2.26. The van der Waals surface area contributed by atoms with Gasteiger partial charge in [0, 0.05) is 35.1 Å². The second kappa shape index (κ2) is 9.38. The van der Waals surface area contributed by atoms with E-state index in [0.29, 0.717) is 29.9 Å². The summed E-state index contributed by atoms with van der Waals surface area (Å²) in [6.45, 7) is 0.827. The number of amides is 1. The molecule has 0 spiro atoms. The van der Waals surface area contributed by atoms with Gasteiger partial charge in [-0.1, -0.05) is 78.9 Å². The smallest absolute Gasteiger partial charge is 0.268 e. The lowest BCUT2D eigenvalue weighted by atomic mass is 10.0. The van der Waals surface area contributed by atoms with Gasteiger partial charge in [0.15, 0.2) is 0 Å². The van der Waals surface area contributed by atoms with Crippen molar-refractivity contribution in [3.8, 4) is 0 Å². The summed E-state index contributed by atoms with van der Waals surface area (Å²) in [5.74, 6) is -0.213. The first-order valence-corrected chi connectivity index (χ1v) is 11.6. The van der Waals surface area contributed by atoms with Crippen LogP contribution in [0.4, 0.5) is 0 Å². The van der Waals surface area contributed by atoms with E-state index < -0.39 is 0 Å². The van der Waals surface area contributed by atoms with Gasteiger partial charge in [0.25, 0.3) is 5.91 Å². The van der Waals surface area contributed by atoms with Crippen LogP contribution in [-0.2, 0) is 13.1 Å². The van der Waals surface area contributed by atoms with Crippen molar-refractivity contribution in [2.75, 3.05) is 0 Å². The molecular formula is C29H26N6O. The Bertz CT molecular complexity index is 1630. The van der Waals surface area contributed by atoms with Crippen molar-refractivity contribution in [1.82, 2.24) is 9.88 Å². The normalized spacial score (nSPS) is 11.0. The first-order chi connectivity index (χ1) is 17.4. The first kappa shape index (κ1) is 22.9. The minimum atomic E-state index is -0.202. The second-order valence-corrected chi connectivity index (χ2v) is 8.73. The number of carbonyl (C=O) groups is 1. The summed E-state index contributed by atoms with van der Waals surface area (Å²) in [6, 6.07) is 29.0. The molecule has 0 aliphatic heterocycles. The van der Waals surface area contributed by atoms with E-state index in [2.05, 4.69) is 29.6 Å². The van der Waals surface area contributed by atoms with Gasteiger partial charge in [0.1, 0.15) is 17.4 Å². The lowest BCUT2D eigenvalue weighted by molar-refractivity contribution is 0.0942. The van der Waals surface area contributed by atoms with Crippen LogP contribution in [0.3, 0.4) is 0 Å². The molecule has 0 unspecified atom stereocenters. The molecule has 178 valence electrons. The third-order valence-corrected chi connectivity index (χ3v) is 6.37. The van der Waals surface area contributed by atoms with Crippen LogP contribution in [0, 0.1) is 10.8 Å². The van der Waals surface area contributed by atoms with Crippen LogP contribution in [0.15, 0.2) is 91.0 Å². The number of hydrogen-bond acceptors (Lipinski definition) is 3. The molecule has 5 rings (SSSR count). The predicted molar refractivity (Wildman–Crippen MR) is 145 cm³/mol. The summed E-state index contributed by atoms with van der Waals surface area (Å²) in [6.07, 6.45) is 0. The summed E-state index contributed by atoms with van der Waals surface area (Å²) >= 11 is 0. The molecule has 0 fully saturated rings. The summed E-state index contributed by atoms with van der Waals surface area (Å²) in [5.41, 5.74) is 15.9. The van der Waals surface area contributed by atoms with Gasteiger partial charge in [-0.25, -0.2) is 0 Å². The third kappa shape index (κ3) is 4.42. The molecule has 7 heteroatoms. The molecule has 0 atom stereocenters. The van der Waals surface area contributed by atoms with Crippen molar-refractivity contribution in [1.29, 1.82) is 10.8 Å². The highest BCUT2D eigenvalue weighted by molar-refractivity contribution is 6.02. The fourth-order valence-electron chi connectivity index (χ4n) is 4.46. The first-order valence-electron chi connectivity index (χ1n) is 11.6. The molecule has 7 nitrogen and oxygen atoms in total. The summed E-state index contributed by atoms with van der Waals surface area (Å²) in [7, 11) is 0. The molecule has 5 aromatic rings. The second-order valence-electron chi connectivity index (χ2n) is 8.73. The van der Waals surface area contributed by atoms with Crippen LogP contribution in [0.5, 0.6) is 0 Å². The molecule has 0 aliphatic rings. The van der Waals surface area contributed by atoms with Gasteiger partial charge >= 0.3 is 0 Å². The molecule has 1 amide bonds. The van der Waals surface area contributed by atoms with Crippen LogP contribution < -0.4 is 16.8 Å². The van der Waals surface area contributed by atoms with Gasteiger partial charge < -0.3 is 21.4 Å². The van der Waals surface area contributed by atoms with E-state index in [1.165, 1.54) is 0 Å². The Morgan fingerprint density at radius 1 is 0.778 bits per heavy atom. The number of nitrogens with zero attached hydrogens (tertiary/aromatic N) is 1. The SMILES string of the molecule is N=C(N)c1ccc(CNC(=O)c2cc3ccc(C(=N)N)cc3n2Cc2cccc3ccccc23)cc1. The molecule has 0 radical (unpaired) electrons. The average molecular weight is 475 g/mol. The zero-order valence-corrected chi connectivity index (χ0v) is 19.6. The molecule has 1 heterocycles. The molecule has 0 aliphatic carbocycles. The molecule has 1 aromatic heterocycles. The summed E-state index contributed by atoms with van der Waals surface area (Å²) in [4.78, 5) is 13.4. The number of nitrogen functional groups attached to an aromatic ring is 2. The maximum atomic E-state index is 13.4. The zero-order valence-electron chi connectivity index (χ0n) is 19.6. The van der Waals surface area contributed by atoms with Gasteiger partial charge in [-0.3, -0.25) is 15.6 Å². The van der Waals surface area contributed by atoms with E-state index in [1.54, 1.807) is 18.2 Å². The number of carbonyl (C=O) groups excluding carboxylic acids is 1. The van der Waals surface area contributed by atoms with E-state index >= 15 is 0 Å². The maximum Gasteiger partial charge on any atom is 0.268 e. The topological polar surface area (TPSA) is 134 Å². The van der Waals surface area contributed by atoms with Gasteiger partial charge in [0.05, 0.1) is 0 Å². The van der Waals surface area contributed by atoms with Crippen LogP contribution >= 0.6 is 0 Å². The van der Waals surface area contributed by atoms with Crippen LogP contribution in [0.2, 0.25) is 0 Å². The van der Waals surface area contributed by atoms with E-state index in [0.717, 1.165) is 32.8 Å². The molecule has 0 saturated heterocycles. The molecule has 7 N–H and O–H groups in total.